The highest BCUT2D eigenvalue weighted by Crippen LogP contribution is 2.42. The molecule has 0 spiro atoms. The fourth-order valence-electron chi connectivity index (χ4n) is 12.6. The van der Waals surface area contributed by atoms with E-state index in [1.165, 1.54) is 148 Å². The first-order valence-corrected chi connectivity index (χ1v) is 37.7. The third-order valence-corrected chi connectivity index (χ3v) is 23.0. The number of ether oxygens (including phenoxy) is 5. The van der Waals surface area contributed by atoms with Crippen molar-refractivity contribution in [1.29, 1.82) is 0 Å². The van der Waals surface area contributed by atoms with E-state index in [0.717, 1.165) is 109 Å². The highest BCUT2D eigenvalue weighted by molar-refractivity contribution is 5.78. The summed E-state index contributed by atoms with van der Waals surface area (Å²) >= 11 is 0. The molecule has 10 heteroatoms. The Morgan fingerprint density at radius 2 is 0.461 bits per heavy atom. The van der Waals surface area contributed by atoms with E-state index in [2.05, 4.69) is 69.2 Å². The summed E-state index contributed by atoms with van der Waals surface area (Å²) in [6.45, 7) is 45.3. The number of esters is 5. The summed E-state index contributed by atoms with van der Waals surface area (Å²) in [5, 5.41) is 0. The van der Waals surface area contributed by atoms with Crippen molar-refractivity contribution in [3.63, 3.8) is 0 Å². The van der Waals surface area contributed by atoms with Crippen LogP contribution in [-0.2, 0) is 47.7 Å². The number of rotatable bonds is 19. The van der Waals surface area contributed by atoms with Gasteiger partial charge in [-0.3, -0.25) is 24.0 Å². The van der Waals surface area contributed by atoms with Gasteiger partial charge in [-0.25, -0.2) is 0 Å². The summed E-state index contributed by atoms with van der Waals surface area (Å²) in [6.07, 6.45) is 45.3. The van der Waals surface area contributed by atoms with Crippen molar-refractivity contribution in [2.24, 2.45) is 38.9 Å². The molecule has 524 valence electrons. The molecule has 0 aromatic rings. The quantitative estimate of drug-likeness (QED) is 0.0700. The smallest absolute Gasteiger partial charge is 0.312 e. The number of carbonyl (C=O) groups is 5. The molecule has 5 aliphatic carbocycles. The molecule has 0 atom stereocenters. The Morgan fingerprint density at radius 3 is 0.663 bits per heavy atom. The van der Waals surface area contributed by atoms with Crippen molar-refractivity contribution in [3.05, 3.63) is 0 Å². The Morgan fingerprint density at radius 1 is 0.281 bits per heavy atom. The second-order valence-electron chi connectivity index (χ2n) is 32.7. The second kappa shape index (κ2) is 39.9. The molecular formula is C79H148O10. The standard InChI is InChI=1S/C17H32O2.2C16H30O2.2C15H28O2/c1-6-16(4,5)15(18)19-17(14(2)3)12-10-8-7-9-11-13-17;1-6-15(4,5)14(17)18-16(13(2)3)11-9-7-8-10-12-16;1-5-15(3,4)14(17)18-16(6-2)12-10-8-7-9-11-13-16;1-5-14(2,3)13(16)17-15(4)11-9-7-6-8-10-12-15;1-5-14(3,4)13(16)17-15(6-2)11-9-7-8-10-12-15/h14H,6-13H2,1-5H3;13H,6-12H2,1-5H3;5-13H2,1-4H3;2*5-12H2,1-4H3. The van der Waals surface area contributed by atoms with Gasteiger partial charge in [0, 0.05) is 0 Å². The zero-order valence-corrected chi connectivity index (χ0v) is 63.0. The molecule has 0 aliphatic heterocycles. The van der Waals surface area contributed by atoms with Crippen LogP contribution in [0, 0.1) is 38.9 Å². The molecule has 0 bridgehead atoms. The first kappa shape index (κ1) is 84.4. The molecule has 0 amide bonds. The van der Waals surface area contributed by atoms with E-state index >= 15 is 0 Å². The highest BCUT2D eigenvalue weighted by Gasteiger charge is 2.44. The van der Waals surface area contributed by atoms with Crippen molar-refractivity contribution in [2.75, 3.05) is 0 Å². The summed E-state index contributed by atoms with van der Waals surface area (Å²) in [7, 11) is 0. The van der Waals surface area contributed by atoms with Crippen molar-refractivity contribution in [3.8, 4) is 0 Å². The lowest BCUT2D eigenvalue weighted by atomic mass is 9.78. The summed E-state index contributed by atoms with van der Waals surface area (Å²) in [6, 6.07) is 0. The molecule has 89 heavy (non-hydrogen) atoms. The first-order chi connectivity index (χ1) is 41.5. The molecule has 5 rings (SSSR count). The second-order valence-corrected chi connectivity index (χ2v) is 32.7. The monoisotopic (exact) mass is 1260 g/mol. The van der Waals surface area contributed by atoms with E-state index in [4.69, 9.17) is 23.7 Å². The summed E-state index contributed by atoms with van der Waals surface area (Å²) in [5.41, 5.74) is -2.72. The van der Waals surface area contributed by atoms with Crippen molar-refractivity contribution >= 4 is 29.8 Å². The van der Waals surface area contributed by atoms with Crippen LogP contribution in [0.25, 0.3) is 0 Å². The zero-order valence-electron chi connectivity index (χ0n) is 63.0. The largest absolute Gasteiger partial charge is 0.459 e. The van der Waals surface area contributed by atoms with Gasteiger partial charge in [0.15, 0.2) is 0 Å². The predicted molar refractivity (Wildman–Crippen MR) is 373 cm³/mol. The summed E-state index contributed by atoms with van der Waals surface area (Å²) in [5.74, 6) is 0.749. The van der Waals surface area contributed by atoms with Gasteiger partial charge in [-0.15, -0.1) is 0 Å². The van der Waals surface area contributed by atoms with Gasteiger partial charge in [0.2, 0.25) is 0 Å². The van der Waals surface area contributed by atoms with Gasteiger partial charge in [0.05, 0.1) is 27.1 Å². The van der Waals surface area contributed by atoms with E-state index in [9.17, 15) is 24.0 Å². The third kappa shape index (κ3) is 28.9. The fraction of sp³-hybridized carbons (Fsp3) is 0.937. The highest BCUT2D eigenvalue weighted by atomic mass is 16.6. The molecule has 0 aromatic heterocycles. The fourth-order valence-corrected chi connectivity index (χ4v) is 12.6. The van der Waals surface area contributed by atoms with Gasteiger partial charge < -0.3 is 23.7 Å². The average Bonchev–Trinajstić information content (AvgIpc) is 1.92. The Labute approximate surface area is 551 Å². The summed E-state index contributed by atoms with van der Waals surface area (Å²) in [4.78, 5) is 61.5. The minimum atomic E-state index is -0.357. The van der Waals surface area contributed by atoms with Crippen LogP contribution < -0.4 is 0 Å². The normalized spacial score (nSPS) is 20.9. The van der Waals surface area contributed by atoms with Crippen LogP contribution in [0.3, 0.4) is 0 Å². The van der Waals surface area contributed by atoms with Gasteiger partial charge in [-0.05, 0) is 261 Å². The topological polar surface area (TPSA) is 132 Å². The zero-order chi connectivity index (χ0) is 67.9. The molecule has 0 N–H and O–H groups in total. The Bertz CT molecular complexity index is 1960. The summed E-state index contributed by atoms with van der Waals surface area (Å²) < 4.78 is 29.9. The lowest BCUT2D eigenvalue weighted by molar-refractivity contribution is -0.179. The Balaban J connectivity index is 0.000000557. The van der Waals surface area contributed by atoms with Gasteiger partial charge in [0.25, 0.3) is 0 Å². The van der Waals surface area contributed by atoms with Gasteiger partial charge in [-0.2, -0.15) is 0 Å². The van der Waals surface area contributed by atoms with Crippen molar-refractivity contribution < 1.29 is 47.7 Å². The molecule has 5 aliphatic rings. The molecule has 0 saturated heterocycles. The van der Waals surface area contributed by atoms with Crippen LogP contribution in [0.5, 0.6) is 0 Å². The SMILES string of the molecule is CCC(C)(C)C(=O)OC1(C(C)C)CCCCCC1.CCC(C)(C)C(=O)OC1(C(C)C)CCCCCCC1.CCC(C)(C)C(=O)OC1(C)CCCCCCC1.CCC1(OC(=O)C(C)(C)CC)CCCCCC1.CCC1(OC(=O)C(C)(C)CC)CCCCCCC1. The van der Waals surface area contributed by atoms with E-state index in [1.807, 2.05) is 83.1 Å². The minimum absolute atomic E-state index is 0.00702. The van der Waals surface area contributed by atoms with Gasteiger partial charge in [0.1, 0.15) is 28.0 Å². The lowest BCUT2D eigenvalue weighted by Crippen LogP contribution is -2.44. The number of carbonyl (C=O) groups excluding carboxylic acids is 5. The molecule has 0 radical (unpaired) electrons. The molecular weight excluding hydrogens is 1110 g/mol. The molecule has 5 saturated carbocycles. The minimum Gasteiger partial charge on any atom is -0.459 e. The van der Waals surface area contributed by atoms with Crippen LogP contribution in [0.1, 0.15) is 409 Å². The first-order valence-electron chi connectivity index (χ1n) is 37.7. The van der Waals surface area contributed by atoms with E-state index in [1.54, 1.807) is 0 Å². The lowest BCUT2D eigenvalue weighted by Gasteiger charge is -2.40. The van der Waals surface area contributed by atoms with Crippen molar-refractivity contribution in [2.45, 2.75) is 437 Å². The van der Waals surface area contributed by atoms with Crippen molar-refractivity contribution in [1.82, 2.24) is 0 Å². The van der Waals surface area contributed by atoms with E-state index in [0.29, 0.717) is 11.8 Å². The van der Waals surface area contributed by atoms with Crippen LogP contribution in [0.2, 0.25) is 0 Å². The molecule has 5 fully saturated rings. The number of hydrogen-bond donors (Lipinski definition) is 0. The molecule has 0 unspecified atom stereocenters. The molecule has 0 aromatic carbocycles. The average molecular weight is 1260 g/mol. The van der Waals surface area contributed by atoms with Crippen LogP contribution >= 0.6 is 0 Å². The Kier molecular flexibility index (Phi) is 37.8. The third-order valence-electron chi connectivity index (χ3n) is 23.0. The van der Waals surface area contributed by atoms with Crippen LogP contribution in [-0.4, -0.2) is 57.9 Å². The number of hydrogen-bond acceptors (Lipinski definition) is 10. The predicted octanol–water partition coefficient (Wildman–Crippen LogP) is 23.6. The maximum Gasteiger partial charge on any atom is 0.312 e. The molecule has 0 heterocycles. The van der Waals surface area contributed by atoms with Crippen LogP contribution in [0.4, 0.5) is 0 Å². The molecule has 10 nitrogen and oxygen atoms in total. The van der Waals surface area contributed by atoms with Gasteiger partial charge >= 0.3 is 29.8 Å². The maximum absolute atomic E-state index is 12.4. The van der Waals surface area contributed by atoms with E-state index in [-0.39, 0.29) is 84.9 Å². The van der Waals surface area contributed by atoms with E-state index < -0.39 is 0 Å². The Hall–Kier alpha value is -2.65. The van der Waals surface area contributed by atoms with Crippen LogP contribution in [0.15, 0.2) is 0 Å². The van der Waals surface area contributed by atoms with Gasteiger partial charge in [-0.1, -0.05) is 160 Å². The maximum atomic E-state index is 12.4.